The lowest BCUT2D eigenvalue weighted by molar-refractivity contribution is 0.311. The summed E-state index contributed by atoms with van der Waals surface area (Å²) in [6.45, 7) is 4.10. The smallest absolute Gasteiger partial charge is 0.155 e. The van der Waals surface area contributed by atoms with Gasteiger partial charge in [0.05, 0.1) is 4.88 Å². The zero-order valence-corrected chi connectivity index (χ0v) is 15.9. The van der Waals surface area contributed by atoms with E-state index in [1.807, 2.05) is 29.0 Å². The molecule has 0 unspecified atom stereocenters. The predicted octanol–water partition coefficient (Wildman–Crippen LogP) is 3.27. The summed E-state index contributed by atoms with van der Waals surface area (Å²) in [6, 6.07) is 12.4. The molecule has 136 valence electrons. The maximum atomic E-state index is 4.98. The molecule has 0 bridgehead atoms. The summed E-state index contributed by atoms with van der Waals surface area (Å²) < 4.78 is 1.98. The van der Waals surface area contributed by atoms with Crippen LogP contribution in [0.1, 0.15) is 0 Å². The molecule has 0 aromatic carbocycles. The van der Waals surface area contributed by atoms with Crippen LogP contribution in [-0.2, 0) is 0 Å². The van der Waals surface area contributed by atoms with Crippen molar-refractivity contribution < 1.29 is 0 Å². The molecule has 4 aromatic heterocycles. The van der Waals surface area contributed by atoms with Gasteiger partial charge in [-0.2, -0.15) is 0 Å². The summed E-state index contributed by atoms with van der Waals surface area (Å²) in [6.07, 6.45) is 3.63. The van der Waals surface area contributed by atoms with Crippen molar-refractivity contribution in [2.75, 3.05) is 38.1 Å². The van der Waals surface area contributed by atoms with Crippen molar-refractivity contribution in [3.63, 3.8) is 0 Å². The zero-order valence-electron chi connectivity index (χ0n) is 15.1. The van der Waals surface area contributed by atoms with E-state index in [1.54, 1.807) is 11.3 Å². The average molecular weight is 376 g/mol. The van der Waals surface area contributed by atoms with Gasteiger partial charge in [0.1, 0.15) is 17.2 Å². The van der Waals surface area contributed by atoms with E-state index in [0.717, 1.165) is 59.5 Å². The Balaban J connectivity index is 1.67. The van der Waals surface area contributed by atoms with E-state index in [-0.39, 0.29) is 0 Å². The SMILES string of the molecule is CN1CCN(c2ccc3nc(-c4cccs4)c(-c4ccncc4)n3n2)CC1. The maximum absolute atomic E-state index is 4.98. The molecule has 5 rings (SSSR count). The van der Waals surface area contributed by atoms with Gasteiger partial charge < -0.3 is 9.80 Å². The predicted molar refractivity (Wildman–Crippen MR) is 109 cm³/mol. The minimum Gasteiger partial charge on any atom is -0.353 e. The Morgan fingerprint density at radius 2 is 1.78 bits per heavy atom. The van der Waals surface area contributed by atoms with Crippen molar-refractivity contribution in [1.29, 1.82) is 0 Å². The van der Waals surface area contributed by atoms with E-state index in [1.165, 1.54) is 0 Å². The molecule has 6 nitrogen and oxygen atoms in total. The molecule has 0 amide bonds. The second-order valence-corrected chi connectivity index (χ2v) is 7.72. The lowest BCUT2D eigenvalue weighted by atomic mass is 10.1. The summed E-state index contributed by atoms with van der Waals surface area (Å²) in [5.41, 5.74) is 3.93. The zero-order chi connectivity index (χ0) is 18.2. The molecule has 0 spiro atoms. The molecule has 0 N–H and O–H groups in total. The number of anilines is 1. The first-order chi connectivity index (χ1) is 13.3. The lowest BCUT2D eigenvalue weighted by Crippen LogP contribution is -2.44. The number of fused-ring (bicyclic) bond motifs is 1. The third-order valence-electron chi connectivity index (χ3n) is 5.00. The van der Waals surface area contributed by atoms with E-state index >= 15 is 0 Å². The van der Waals surface area contributed by atoms with Gasteiger partial charge in [0.25, 0.3) is 0 Å². The number of nitrogens with zero attached hydrogens (tertiary/aromatic N) is 6. The summed E-state index contributed by atoms with van der Waals surface area (Å²) in [7, 11) is 2.17. The van der Waals surface area contributed by atoms with Gasteiger partial charge in [0, 0.05) is 44.1 Å². The number of pyridine rings is 1. The Kier molecular flexibility index (Phi) is 4.10. The quantitative estimate of drug-likeness (QED) is 0.549. The fraction of sp³-hybridized carbons (Fsp3) is 0.250. The third-order valence-corrected chi connectivity index (χ3v) is 5.88. The Morgan fingerprint density at radius 3 is 2.52 bits per heavy atom. The lowest BCUT2D eigenvalue weighted by Gasteiger charge is -2.33. The molecule has 0 atom stereocenters. The number of hydrogen-bond donors (Lipinski definition) is 0. The van der Waals surface area contributed by atoms with Gasteiger partial charge in [-0.3, -0.25) is 4.98 Å². The summed E-state index contributed by atoms with van der Waals surface area (Å²) in [4.78, 5) is 14.9. The van der Waals surface area contributed by atoms with E-state index in [0.29, 0.717) is 0 Å². The Morgan fingerprint density at radius 1 is 0.963 bits per heavy atom. The largest absolute Gasteiger partial charge is 0.353 e. The van der Waals surface area contributed by atoms with Gasteiger partial charge in [-0.05, 0) is 42.8 Å². The number of aromatic nitrogens is 4. The van der Waals surface area contributed by atoms with Crippen LogP contribution in [-0.4, -0.2) is 57.7 Å². The number of hydrogen-bond acceptors (Lipinski definition) is 6. The maximum Gasteiger partial charge on any atom is 0.155 e. The number of thiophene rings is 1. The second kappa shape index (κ2) is 6.75. The van der Waals surface area contributed by atoms with Crippen LogP contribution < -0.4 is 4.90 Å². The number of piperazine rings is 1. The Labute approximate surface area is 161 Å². The minimum atomic E-state index is 0.864. The van der Waals surface area contributed by atoms with Crippen LogP contribution in [0.5, 0.6) is 0 Å². The van der Waals surface area contributed by atoms with Crippen molar-refractivity contribution in [3.05, 3.63) is 54.2 Å². The molecule has 7 heteroatoms. The highest BCUT2D eigenvalue weighted by atomic mass is 32.1. The van der Waals surface area contributed by atoms with Crippen LogP contribution in [0.15, 0.2) is 54.2 Å². The summed E-state index contributed by atoms with van der Waals surface area (Å²) in [5, 5.41) is 7.06. The number of rotatable bonds is 3. The summed E-state index contributed by atoms with van der Waals surface area (Å²) >= 11 is 1.70. The molecule has 1 fully saturated rings. The van der Waals surface area contributed by atoms with Crippen LogP contribution >= 0.6 is 11.3 Å². The monoisotopic (exact) mass is 376 g/mol. The molecule has 1 aliphatic rings. The van der Waals surface area contributed by atoms with Crippen LogP contribution in [0.4, 0.5) is 5.82 Å². The van der Waals surface area contributed by atoms with Crippen molar-refractivity contribution in [3.8, 4) is 21.8 Å². The molecule has 0 radical (unpaired) electrons. The highest BCUT2D eigenvalue weighted by molar-refractivity contribution is 7.13. The number of imidazole rings is 1. The van der Waals surface area contributed by atoms with E-state index in [9.17, 15) is 0 Å². The Bertz CT molecular complexity index is 1050. The van der Waals surface area contributed by atoms with Gasteiger partial charge in [-0.15, -0.1) is 16.4 Å². The van der Waals surface area contributed by atoms with E-state index < -0.39 is 0 Å². The first-order valence-electron chi connectivity index (χ1n) is 9.07. The van der Waals surface area contributed by atoms with Crippen molar-refractivity contribution in [2.45, 2.75) is 0 Å². The normalized spacial score (nSPS) is 15.5. The molecular formula is C20H20N6S. The molecule has 4 aromatic rings. The van der Waals surface area contributed by atoms with Gasteiger partial charge in [0.2, 0.25) is 0 Å². The van der Waals surface area contributed by atoms with Crippen molar-refractivity contribution >= 4 is 22.8 Å². The van der Waals surface area contributed by atoms with Gasteiger partial charge in [-0.1, -0.05) is 6.07 Å². The highest BCUT2D eigenvalue weighted by Gasteiger charge is 2.20. The first kappa shape index (κ1) is 16.4. The standard InChI is InChI=1S/C20H20N6S/c1-24-10-12-25(13-11-24)18-5-4-17-22-19(16-3-2-14-27-16)20(26(17)23-18)15-6-8-21-9-7-15/h2-9,14H,10-13H2,1H3. The van der Waals surface area contributed by atoms with Gasteiger partial charge >= 0.3 is 0 Å². The third kappa shape index (κ3) is 2.98. The molecule has 5 heterocycles. The highest BCUT2D eigenvalue weighted by Crippen LogP contribution is 2.34. The van der Waals surface area contributed by atoms with Gasteiger partial charge in [-0.25, -0.2) is 9.50 Å². The molecular weight excluding hydrogens is 356 g/mol. The van der Waals surface area contributed by atoms with Crippen LogP contribution in [0.25, 0.3) is 27.5 Å². The molecule has 0 saturated carbocycles. The molecule has 1 saturated heterocycles. The van der Waals surface area contributed by atoms with E-state index in [4.69, 9.17) is 10.1 Å². The van der Waals surface area contributed by atoms with Gasteiger partial charge in [0.15, 0.2) is 5.65 Å². The van der Waals surface area contributed by atoms with Crippen molar-refractivity contribution in [2.24, 2.45) is 0 Å². The minimum absolute atomic E-state index is 0.864. The first-order valence-corrected chi connectivity index (χ1v) is 9.95. The van der Waals surface area contributed by atoms with Crippen LogP contribution in [0.2, 0.25) is 0 Å². The fourth-order valence-electron chi connectivity index (χ4n) is 3.48. The molecule has 27 heavy (non-hydrogen) atoms. The molecule has 0 aliphatic carbocycles. The van der Waals surface area contributed by atoms with E-state index in [2.05, 4.69) is 51.5 Å². The van der Waals surface area contributed by atoms with Crippen LogP contribution in [0.3, 0.4) is 0 Å². The molecule has 1 aliphatic heterocycles. The van der Waals surface area contributed by atoms with Crippen LogP contribution in [0, 0.1) is 0 Å². The van der Waals surface area contributed by atoms with Crippen molar-refractivity contribution in [1.82, 2.24) is 24.5 Å². The topological polar surface area (TPSA) is 49.6 Å². The fourth-order valence-corrected chi connectivity index (χ4v) is 4.20. The number of likely N-dealkylation sites (N-methyl/N-ethyl adjacent to an activating group) is 1. The second-order valence-electron chi connectivity index (χ2n) is 6.77. The average Bonchev–Trinajstić information content (AvgIpc) is 3.36. The Hall–Kier alpha value is -2.77. The summed E-state index contributed by atoms with van der Waals surface area (Å²) in [5.74, 6) is 1.00.